The summed E-state index contributed by atoms with van der Waals surface area (Å²) in [5, 5.41) is 0. The minimum absolute atomic E-state index is 0.108. The Labute approximate surface area is 178 Å². The van der Waals surface area contributed by atoms with E-state index in [4.69, 9.17) is 9.47 Å². The summed E-state index contributed by atoms with van der Waals surface area (Å²) in [6.07, 6.45) is 0. The number of morpholine rings is 2. The fraction of sp³-hybridized carbons (Fsp3) is 0.650. The number of sulfonamides is 1. The first-order valence-electron chi connectivity index (χ1n) is 10.5. The fourth-order valence-corrected chi connectivity index (χ4v) is 5.48. The van der Waals surface area contributed by atoms with E-state index >= 15 is 0 Å². The van der Waals surface area contributed by atoms with Crippen molar-refractivity contribution in [1.82, 2.24) is 14.1 Å². The third-order valence-electron chi connectivity index (χ3n) is 5.95. The van der Waals surface area contributed by atoms with Crippen molar-refractivity contribution in [2.24, 2.45) is 0 Å². The topological polar surface area (TPSA) is 82.6 Å². The Morgan fingerprint density at radius 1 is 0.867 bits per heavy atom. The van der Waals surface area contributed by atoms with Crippen molar-refractivity contribution in [2.45, 2.75) is 4.90 Å². The largest absolute Gasteiger partial charge is 0.379 e. The van der Waals surface area contributed by atoms with Gasteiger partial charge in [0.2, 0.25) is 10.0 Å². The standard InChI is InChI=1S/C20H30N4O5S/c1-21-4-6-23(7-5-21)20(25)18-16-17(30(26,27)24-10-14-29-15-11-24)2-3-19(18)22-8-12-28-13-9-22/h2-3,16H,4-15H2,1H3. The molecular weight excluding hydrogens is 408 g/mol. The van der Waals surface area contributed by atoms with E-state index in [9.17, 15) is 13.2 Å². The van der Waals surface area contributed by atoms with Crippen LogP contribution in [0.25, 0.3) is 0 Å². The average molecular weight is 439 g/mol. The molecule has 1 aromatic carbocycles. The molecule has 1 aromatic rings. The Balaban J connectivity index is 1.68. The predicted molar refractivity (Wildman–Crippen MR) is 112 cm³/mol. The number of carbonyl (C=O) groups excluding carboxylic acids is 1. The molecule has 3 saturated heterocycles. The van der Waals surface area contributed by atoms with Gasteiger partial charge < -0.3 is 24.2 Å². The van der Waals surface area contributed by atoms with Crippen LogP contribution < -0.4 is 4.90 Å². The van der Waals surface area contributed by atoms with Crippen LogP contribution in [0, 0.1) is 0 Å². The molecule has 0 atom stereocenters. The van der Waals surface area contributed by atoms with E-state index in [1.165, 1.54) is 4.31 Å². The molecule has 10 heteroatoms. The van der Waals surface area contributed by atoms with Gasteiger partial charge in [-0.1, -0.05) is 0 Å². The number of anilines is 1. The second-order valence-electron chi connectivity index (χ2n) is 7.89. The summed E-state index contributed by atoms with van der Waals surface area (Å²) in [5.41, 5.74) is 1.24. The maximum atomic E-state index is 13.4. The Morgan fingerprint density at radius 2 is 1.47 bits per heavy atom. The SMILES string of the molecule is CN1CCN(C(=O)c2cc(S(=O)(=O)N3CCOCC3)ccc2N2CCOCC2)CC1. The molecule has 3 heterocycles. The van der Waals surface area contributed by atoms with E-state index in [0.29, 0.717) is 71.3 Å². The third kappa shape index (κ3) is 4.47. The molecule has 30 heavy (non-hydrogen) atoms. The van der Waals surface area contributed by atoms with Crippen molar-refractivity contribution in [1.29, 1.82) is 0 Å². The molecule has 166 valence electrons. The van der Waals surface area contributed by atoms with Crippen LogP contribution in [0.1, 0.15) is 10.4 Å². The molecule has 0 spiro atoms. The Kier molecular flexibility index (Phi) is 6.59. The van der Waals surface area contributed by atoms with Gasteiger partial charge in [-0.05, 0) is 25.2 Å². The van der Waals surface area contributed by atoms with E-state index in [1.54, 1.807) is 18.2 Å². The molecule has 0 aromatic heterocycles. The van der Waals surface area contributed by atoms with Crippen molar-refractivity contribution in [3.63, 3.8) is 0 Å². The molecule has 0 radical (unpaired) electrons. The minimum Gasteiger partial charge on any atom is -0.379 e. The van der Waals surface area contributed by atoms with E-state index in [1.807, 2.05) is 11.9 Å². The zero-order valence-electron chi connectivity index (χ0n) is 17.5. The lowest BCUT2D eigenvalue weighted by Gasteiger charge is -2.35. The molecule has 0 aliphatic carbocycles. The van der Waals surface area contributed by atoms with Crippen LogP contribution in [0.3, 0.4) is 0 Å². The van der Waals surface area contributed by atoms with Gasteiger partial charge in [0.05, 0.1) is 36.9 Å². The van der Waals surface area contributed by atoms with E-state index in [-0.39, 0.29) is 10.8 Å². The zero-order chi connectivity index (χ0) is 21.1. The van der Waals surface area contributed by atoms with Gasteiger partial charge in [-0.25, -0.2) is 8.42 Å². The quantitative estimate of drug-likeness (QED) is 0.651. The van der Waals surface area contributed by atoms with Crippen LogP contribution in [0.4, 0.5) is 5.69 Å². The molecule has 3 aliphatic heterocycles. The summed E-state index contributed by atoms with van der Waals surface area (Å²) in [4.78, 5) is 19.7. The third-order valence-corrected chi connectivity index (χ3v) is 7.84. The maximum absolute atomic E-state index is 13.4. The van der Waals surface area contributed by atoms with Crippen LogP contribution >= 0.6 is 0 Å². The molecule has 0 unspecified atom stereocenters. The highest BCUT2D eigenvalue weighted by Crippen LogP contribution is 2.28. The molecule has 4 rings (SSSR count). The number of carbonyl (C=O) groups is 1. The van der Waals surface area contributed by atoms with Crippen molar-refractivity contribution in [3.05, 3.63) is 23.8 Å². The highest BCUT2D eigenvalue weighted by molar-refractivity contribution is 7.89. The minimum atomic E-state index is -3.67. The van der Waals surface area contributed by atoms with Crippen LogP contribution in [-0.2, 0) is 19.5 Å². The van der Waals surface area contributed by atoms with Gasteiger partial charge in [0.15, 0.2) is 0 Å². The van der Waals surface area contributed by atoms with Gasteiger partial charge in [-0.3, -0.25) is 4.79 Å². The lowest BCUT2D eigenvalue weighted by atomic mass is 10.1. The Bertz CT molecular complexity index is 858. The number of piperazine rings is 1. The first-order valence-corrected chi connectivity index (χ1v) is 11.9. The summed E-state index contributed by atoms with van der Waals surface area (Å²) in [6.45, 7) is 6.87. The summed E-state index contributed by atoms with van der Waals surface area (Å²) in [6, 6.07) is 4.97. The summed E-state index contributed by atoms with van der Waals surface area (Å²) in [5.74, 6) is -0.108. The number of rotatable bonds is 4. The molecule has 0 bridgehead atoms. The molecule has 9 nitrogen and oxygen atoms in total. The number of ether oxygens (including phenoxy) is 2. The number of hydrogen-bond donors (Lipinski definition) is 0. The lowest BCUT2D eigenvalue weighted by Crippen LogP contribution is -2.47. The molecular formula is C20H30N4O5S. The highest BCUT2D eigenvalue weighted by atomic mass is 32.2. The van der Waals surface area contributed by atoms with Gasteiger partial charge in [-0.2, -0.15) is 4.31 Å². The van der Waals surface area contributed by atoms with Crippen LogP contribution in [-0.4, -0.2) is 114 Å². The van der Waals surface area contributed by atoms with Crippen molar-refractivity contribution >= 4 is 21.6 Å². The van der Waals surface area contributed by atoms with Gasteiger partial charge in [0, 0.05) is 58.0 Å². The predicted octanol–water partition coefficient (Wildman–Crippen LogP) is -0.0683. The first kappa shape index (κ1) is 21.5. The average Bonchev–Trinajstić information content (AvgIpc) is 2.80. The van der Waals surface area contributed by atoms with Crippen molar-refractivity contribution < 1.29 is 22.7 Å². The van der Waals surface area contributed by atoms with Crippen LogP contribution in [0.2, 0.25) is 0 Å². The lowest BCUT2D eigenvalue weighted by molar-refractivity contribution is 0.0663. The molecule has 3 aliphatic rings. The monoisotopic (exact) mass is 438 g/mol. The fourth-order valence-electron chi connectivity index (χ4n) is 4.04. The molecule has 0 N–H and O–H groups in total. The molecule has 3 fully saturated rings. The second-order valence-corrected chi connectivity index (χ2v) is 9.83. The number of benzene rings is 1. The summed E-state index contributed by atoms with van der Waals surface area (Å²) in [7, 11) is -1.64. The van der Waals surface area contributed by atoms with Gasteiger partial charge in [0.25, 0.3) is 5.91 Å². The number of amides is 1. The second kappa shape index (κ2) is 9.19. The number of likely N-dealkylation sites (N-methyl/N-ethyl adjacent to an activating group) is 1. The van der Waals surface area contributed by atoms with Crippen LogP contribution in [0.15, 0.2) is 23.1 Å². The smallest absolute Gasteiger partial charge is 0.256 e. The first-order chi connectivity index (χ1) is 14.5. The van der Waals surface area contributed by atoms with Gasteiger partial charge in [-0.15, -0.1) is 0 Å². The number of hydrogen-bond acceptors (Lipinski definition) is 7. The van der Waals surface area contributed by atoms with E-state index < -0.39 is 10.0 Å². The van der Waals surface area contributed by atoms with Gasteiger partial charge in [0.1, 0.15) is 0 Å². The highest BCUT2D eigenvalue weighted by Gasteiger charge is 2.30. The Hall–Kier alpha value is -1.72. The zero-order valence-corrected chi connectivity index (χ0v) is 18.3. The van der Waals surface area contributed by atoms with E-state index in [2.05, 4.69) is 9.80 Å². The normalized spacial score (nSPS) is 22.3. The van der Waals surface area contributed by atoms with E-state index in [0.717, 1.165) is 18.8 Å². The number of nitrogens with zero attached hydrogens (tertiary/aromatic N) is 4. The maximum Gasteiger partial charge on any atom is 0.256 e. The van der Waals surface area contributed by atoms with Crippen molar-refractivity contribution in [3.8, 4) is 0 Å². The summed E-state index contributed by atoms with van der Waals surface area (Å²) >= 11 is 0. The van der Waals surface area contributed by atoms with Crippen LogP contribution in [0.5, 0.6) is 0 Å². The van der Waals surface area contributed by atoms with Gasteiger partial charge >= 0.3 is 0 Å². The Morgan fingerprint density at radius 3 is 2.10 bits per heavy atom. The molecule has 0 saturated carbocycles. The molecule has 1 amide bonds. The summed E-state index contributed by atoms with van der Waals surface area (Å²) < 4.78 is 38.5. The van der Waals surface area contributed by atoms with Crippen molar-refractivity contribution in [2.75, 3.05) is 90.7 Å².